The van der Waals surface area contributed by atoms with Gasteiger partial charge in [-0.05, 0) is 89.6 Å². The van der Waals surface area contributed by atoms with Gasteiger partial charge in [0.15, 0.2) is 0 Å². The molecule has 2 aliphatic rings. The standard InChI is InChI=1S/C29H43N3O2/c1-21-8-7-9-26(17-21)29-30-27(24(4)34-29)20-31-14-11-25(12-15-31)28(33)10-5-6-13-32-18-22(2)16-23(3)19-32/h7-9,17,22-23,25H,5-6,10-16,18-20H2,1-4H3/t22-,23+. The summed E-state index contributed by atoms with van der Waals surface area (Å²) >= 11 is 0. The molecule has 0 spiro atoms. The number of likely N-dealkylation sites (tertiary alicyclic amines) is 2. The maximum atomic E-state index is 12.8. The second-order valence-corrected chi connectivity index (χ2v) is 11.1. The first kappa shape index (κ1) is 25.1. The summed E-state index contributed by atoms with van der Waals surface area (Å²) in [5.74, 6) is 3.95. The zero-order valence-electron chi connectivity index (χ0n) is 21.7. The van der Waals surface area contributed by atoms with Crippen LogP contribution in [-0.4, -0.2) is 53.3 Å². The van der Waals surface area contributed by atoms with Crippen molar-refractivity contribution in [1.29, 1.82) is 0 Å². The van der Waals surface area contributed by atoms with E-state index in [-0.39, 0.29) is 5.92 Å². The van der Waals surface area contributed by atoms with Crippen LogP contribution in [0.1, 0.15) is 69.4 Å². The quantitative estimate of drug-likeness (QED) is 0.432. The van der Waals surface area contributed by atoms with E-state index in [0.717, 1.165) is 87.1 Å². The summed E-state index contributed by atoms with van der Waals surface area (Å²) in [7, 11) is 0. The van der Waals surface area contributed by atoms with Crippen LogP contribution in [0, 0.1) is 31.6 Å². The fourth-order valence-corrected chi connectivity index (χ4v) is 5.91. The summed E-state index contributed by atoms with van der Waals surface area (Å²) in [4.78, 5) is 22.6. The highest BCUT2D eigenvalue weighted by molar-refractivity contribution is 5.81. The van der Waals surface area contributed by atoms with Gasteiger partial charge < -0.3 is 9.32 Å². The summed E-state index contributed by atoms with van der Waals surface area (Å²) in [6.07, 6.45) is 6.25. The summed E-state index contributed by atoms with van der Waals surface area (Å²) < 4.78 is 5.97. The van der Waals surface area contributed by atoms with Gasteiger partial charge >= 0.3 is 0 Å². The van der Waals surface area contributed by atoms with Crippen LogP contribution in [0.25, 0.3) is 11.5 Å². The molecule has 0 aliphatic carbocycles. The van der Waals surface area contributed by atoms with Crippen LogP contribution in [-0.2, 0) is 11.3 Å². The zero-order valence-corrected chi connectivity index (χ0v) is 21.7. The number of unbranched alkanes of at least 4 members (excludes halogenated alkanes) is 1. The van der Waals surface area contributed by atoms with Gasteiger partial charge in [0, 0.05) is 37.5 Å². The average molecular weight is 466 g/mol. The molecular formula is C29H43N3O2. The van der Waals surface area contributed by atoms with Crippen molar-refractivity contribution in [1.82, 2.24) is 14.8 Å². The molecule has 0 N–H and O–H groups in total. The van der Waals surface area contributed by atoms with E-state index in [9.17, 15) is 4.79 Å². The normalized spacial score (nSPS) is 22.8. The van der Waals surface area contributed by atoms with E-state index < -0.39 is 0 Å². The van der Waals surface area contributed by atoms with Gasteiger partial charge in [-0.3, -0.25) is 9.69 Å². The lowest BCUT2D eigenvalue weighted by Crippen LogP contribution is -2.39. The van der Waals surface area contributed by atoms with Gasteiger partial charge in [0.1, 0.15) is 11.5 Å². The Morgan fingerprint density at radius 1 is 1.06 bits per heavy atom. The molecule has 3 heterocycles. The maximum absolute atomic E-state index is 12.8. The van der Waals surface area contributed by atoms with Gasteiger partial charge in [0.25, 0.3) is 0 Å². The second kappa shape index (κ2) is 11.6. The minimum atomic E-state index is 0.243. The topological polar surface area (TPSA) is 49.6 Å². The van der Waals surface area contributed by atoms with Crippen molar-refractivity contribution in [2.75, 3.05) is 32.7 Å². The lowest BCUT2D eigenvalue weighted by atomic mass is 9.89. The zero-order chi connectivity index (χ0) is 24.1. The molecular weight excluding hydrogens is 422 g/mol. The average Bonchev–Trinajstić information content (AvgIpc) is 3.16. The van der Waals surface area contributed by atoms with Gasteiger partial charge in [-0.1, -0.05) is 31.5 Å². The van der Waals surface area contributed by atoms with Crippen molar-refractivity contribution in [3.63, 3.8) is 0 Å². The first-order chi connectivity index (χ1) is 16.4. The predicted molar refractivity (Wildman–Crippen MR) is 138 cm³/mol. The Morgan fingerprint density at radius 2 is 1.79 bits per heavy atom. The number of ketones is 1. The van der Waals surface area contributed by atoms with Crippen molar-refractivity contribution < 1.29 is 9.21 Å². The van der Waals surface area contributed by atoms with Crippen molar-refractivity contribution in [2.24, 2.45) is 17.8 Å². The van der Waals surface area contributed by atoms with E-state index in [2.05, 4.69) is 42.7 Å². The van der Waals surface area contributed by atoms with E-state index in [1.807, 2.05) is 19.1 Å². The number of Topliss-reactive ketones (excluding diaryl/α,β-unsaturated/α-hetero) is 1. The van der Waals surface area contributed by atoms with Crippen LogP contribution in [0.2, 0.25) is 0 Å². The molecule has 1 aromatic carbocycles. The number of rotatable bonds is 9. The second-order valence-electron chi connectivity index (χ2n) is 11.1. The lowest BCUT2D eigenvalue weighted by molar-refractivity contribution is -0.124. The highest BCUT2D eigenvalue weighted by atomic mass is 16.4. The Hall–Kier alpha value is -1.98. The molecule has 5 heteroatoms. The molecule has 5 nitrogen and oxygen atoms in total. The van der Waals surface area contributed by atoms with Gasteiger partial charge in [0.05, 0.1) is 5.69 Å². The fraction of sp³-hybridized carbons (Fsp3) is 0.655. The number of aromatic nitrogens is 1. The van der Waals surface area contributed by atoms with Crippen LogP contribution in [0.15, 0.2) is 28.7 Å². The van der Waals surface area contributed by atoms with E-state index in [4.69, 9.17) is 9.40 Å². The maximum Gasteiger partial charge on any atom is 0.226 e. The molecule has 1 aromatic heterocycles. The molecule has 0 amide bonds. The monoisotopic (exact) mass is 465 g/mol. The van der Waals surface area contributed by atoms with Crippen LogP contribution < -0.4 is 0 Å². The molecule has 0 radical (unpaired) electrons. The van der Waals surface area contributed by atoms with Gasteiger partial charge in [-0.15, -0.1) is 0 Å². The van der Waals surface area contributed by atoms with E-state index in [1.54, 1.807) is 0 Å². The minimum absolute atomic E-state index is 0.243. The Balaban J connectivity index is 1.17. The van der Waals surface area contributed by atoms with Crippen molar-refractivity contribution in [2.45, 2.75) is 72.8 Å². The van der Waals surface area contributed by atoms with Crippen molar-refractivity contribution >= 4 is 5.78 Å². The summed E-state index contributed by atoms with van der Waals surface area (Å²) in [6.45, 7) is 15.2. The number of carbonyl (C=O) groups is 1. The number of benzene rings is 1. The van der Waals surface area contributed by atoms with Crippen molar-refractivity contribution in [3.05, 3.63) is 41.3 Å². The number of nitrogens with zero attached hydrogens (tertiary/aromatic N) is 3. The number of hydrogen-bond acceptors (Lipinski definition) is 5. The summed E-state index contributed by atoms with van der Waals surface area (Å²) in [6, 6.07) is 8.29. The van der Waals surface area contributed by atoms with E-state index in [0.29, 0.717) is 11.7 Å². The highest BCUT2D eigenvalue weighted by Crippen LogP contribution is 2.26. The third-order valence-corrected chi connectivity index (χ3v) is 7.67. The van der Waals surface area contributed by atoms with Crippen LogP contribution in [0.5, 0.6) is 0 Å². The van der Waals surface area contributed by atoms with Gasteiger partial charge in [-0.25, -0.2) is 4.98 Å². The third kappa shape index (κ3) is 6.79. The van der Waals surface area contributed by atoms with Crippen LogP contribution in [0.3, 0.4) is 0 Å². The van der Waals surface area contributed by atoms with E-state index in [1.165, 1.54) is 25.1 Å². The Kier molecular flexibility index (Phi) is 8.60. The molecule has 2 atom stereocenters. The molecule has 2 fully saturated rings. The molecule has 4 rings (SSSR count). The Labute approximate surface area is 205 Å². The molecule has 34 heavy (non-hydrogen) atoms. The number of oxazole rings is 1. The molecule has 0 saturated carbocycles. The molecule has 2 aromatic rings. The largest absolute Gasteiger partial charge is 0.441 e. The number of aryl methyl sites for hydroxylation is 2. The number of piperidine rings is 2. The molecule has 2 saturated heterocycles. The predicted octanol–water partition coefficient (Wildman–Crippen LogP) is 5.89. The lowest BCUT2D eigenvalue weighted by Gasteiger charge is -2.35. The molecule has 0 bridgehead atoms. The number of hydrogen-bond donors (Lipinski definition) is 0. The van der Waals surface area contributed by atoms with Crippen molar-refractivity contribution in [3.8, 4) is 11.5 Å². The number of carbonyl (C=O) groups excluding carboxylic acids is 1. The molecule has 0 unspecified atom stereocenters. The summed E-state index contributed by atoms with van der Waals surface area (Å²) in [5, 5.41) is 0. The first-order valence-electron chi connectivity index (χ1n) is 13.4. The minimum Gasteiger partial charge on any atom is -0.441 e. The van der Waals surface area contributed by atoms with Gasteiger partial charge in [0.2, 0.25) is 5.89 Å². The summed E-state index contributed by atoms with van der Waals surface area (Å²) in [5.41, 5.74) is 3.25. The molecule has 186 valence electrons. The van der Waals surface area contributed by atoms with Gasteiger partial charge in [-0.2, -0.15) is 0 Å². The van der Waals surface area contributed by atoms with Crippen LogP contribution >= 0.6 is 0 Å². The fourth-order valence-electron chi connectivity index (χ4n) is 5.91. The smallest absolute Gasteiger partial charge is 0.226 e. The Morgan fingerprint density at radius 3 is 2.50 bits per heavy atom. The third-order valence-electron chi connectivity index (χ3n) is 7.67. The first-order valence-corrected chi connectivity index (χ1v) is 13.4. The SMILES string of the molecule is Cc1cccc(-c2nc(CN3CCC(C(=O)CCCCN4C[C@H](C)C[C@H](C)C4)CC3)c(C)o2)c1. The highest BCUT2D eigenvalue weighted by Gasteiger charge is 2.26. The Bertz CT molecular complexity index is 935. The van der Waals surface area contributed by atoms with E-state index >= 15 is 0 Å². The van der Waals surface area contributed by atoms with Crippen LogP contribution in [0.4, 0.5) is 0 Å². The molecule has 2 aliphatic heterocycles.